The maximum Gasteiger partial charge on any atom is 0.357 e. The number of halogens is 4. The van der Waals surface area contributed by atoms with Crippen LogP contribution in [0.2, 0.25) is 5.15 Å². The standard InChI is InChI=1S/C15H10ClF3N4O2/c1-6-3-4-20-10(15(2,18)19)9(6)23-12-7(13(24)22-14(23)25)5-8(17)11(16)21-12/h3-5H,1-2H3,(H,22,24,25). The summed E-state index contributed by atoms with van der Waals surface area (Å²) in [4.78, 5) is 23.1. The molecule has 3 aromatic heterocycles. The van der Waals surface area contributed by atoms with Gasteiger partial charge in [-0.3, -0.25) is 4.98 Å². The molecule has 0 aliphatic carbocycles. The van der Waals surface area contributed by atoms with E-state index in [0.29, 0.717) is 6.92 Å². The smallest absolute Gasteiger partial charge is 0.357 e. The predicted octanol–water partition coefficient (Wildman–Crippen LogP) is 3.09. The highest BCUT2D eigenvalue weighted by Gasteiger charge is 2.32. The molecule has 0 aliphatic heterocycles. The zero-order chi connectivity index (χ0) is 18.5. The fourth-order valence-electron chi connectivity index (χ4n) is 2.44. The fourth-order valence-corrected chi connectivity index (χ4v) is 2.57. The van der Waals surface area contributed by atoms with Crippen LogP contribution in [0.1, 0.15) is 18.2 Å². The Morgan fingerprint density at radius 2 is 2.00 bits per heavy atom. The fraction of sp³-hybridized carbons (Fsp3) is 0.200. The number of pyridine rings is 2. The molecule has 0 aliphatic rings. The average molecular weight is 371 g/mol. The van der Waals surface area contributed by atoms with Crippen molar-refractivity contribution in [3.8, 4) is 11.6 Å². The third-order valence-corrected chi connectivity index (χ3v) is 3.79. The van der Waals surface area contributed by atoms with Crippen molar-refractivity contribution in [2.45, 2.75) is 19.8 Å². The first-order valence-corrected chi connectivity index (χ1v) is 7.31. The molecule has 0 atom stereocenters. The molecular formula is C15H10ClF3N4O2. The second-order valence-corrected chi connectivity index (χ2v) is 5.76. The molecule has 0 fully saturated rings. The molecule has 0 spiro atoms. The van der Waals surface area contributed by atoms with Crippen LogP contribution in [-0.4, -0.2) is 24.6 Å². The van der Waals surface area contributed by atoms with Crippen LogP contribution >= 0.6 is 11.6 Å². The number of aromatic hydroxyl groups is 1. The number of nitrogens with zero attached hydrogens (tertiary/aromatic N) is 4. The van der Waals surface area contributed by atoms with Gasteiger partial charge in [-0.25, -0.2) is 18.7 Å². The molecule has 3 rings (SSSR count). The number of hydrogen-bond acceptors (Lipinski definition) is 5. The number of aromatic nitrogens is 4. The van der Waals surface area contributed by atoms with Crippen molar-refractivity contribution in [1.29, 1.82) is 0 Å². The van der Waals surface area contributed by atoms with Crippen molar-refractivity contribution in [3.63, 3.8) is 0 Å². The number of rotatable bonds is 2. The van der Waals surface area contributed by atoms with Crippen molar-refractivity contribution in [2.75, 3.05) is 0 Å². The topological polar surface area (TPSA) is 80.9 Å². The molecule has 6 nitrogen and oxygen atoms in total. The SMILES string of the molecule is Cc1ccnc(C(C)(F)F)c1-n1c(=O)nc(O)c2cc(F)c(Cl)nc21. The Hall–Kier alpha value is -2.68. The molecule has 3 heterocycles. The van der Waals surface area contributed by atoms with Crippen LogP contribution in [0.25, 0.3) is 16.7 Å². The first-order chi connectivity index (χ1) is 11.6. The van der Waals surface area contributed by atoms with E-state index in [4.69, 9.17) is 11.6 Å². The molecule has 0 unspecified atom stereocenters. The second kappa shape index (κ2) is 5.69. The molecule has 0 saturated carbocycles. The van der Waals surface area contributed by atoms with Crippen molar-refractivity contribution in [3.05, 3.63) is 51.0 Å². The minimum absolute atomic E-state index is 0.255. The van der Waals surface area contributed by atoms with Crippen LogP contribution in [0.3, 0.4) is 0 Å². The summed E-state index contributed by atoms with van der Waals surface area (Å²) in [6.07, 6.45) is 1.17. The highest BCUT2D eigenvalue weighted by molar-refractivity contribution is 6.29. The maximum absolute atomic E-state index is 14.0. The predicted molar refractivity (Wildman–Crippen MR) is 83.9 cm³/mol. The maximum atomic E-state index is 14.0. The first kappa shape index (κ1) is 17.2. The van der Waals surface area contributed by atoms with E-state index in [9.17, 15) is 23.1 Å². The summed E-state index contributed by atoms with van der Waals surface area (Å²) < 4.78 is 42.4. The van der Waals surface area contributed by atoms with Crippen LogP contribution in [-0.2, 0) is 5.92 Å². The van der Waals surface area contributed by atoms with Crippen molar-refractivity contribution in [2.24, 2.45) is 0 Å². The molecule has 1 N–H and O–H groups in total. The van der Waals surface area contributed by atoms with Gasteiger partial charge in [0.1, 0.15) is 5.69 Å². The second-order valence-electron chi connectivity index (χ2n) is 5.40. The van der Waals surface area contributed by atoms with Crippen molar-refractivity contribution in [1.82, 2.24) is 19.5 Å². The molecule has 0 radical (unpaired) electrons. The summed E-state index contributed by atoms with van der Waals surface area (Å²) in [5, 5.41) is 8.96. The van der Waals surface area contributed by atoms with Gasteiger partial charge in [0.2, 0.25) is 5.88 Å². The van der Waals surface area contributed by atoms with Crippen LogP contribution < -0.4 is 5.69 Å². The van der Waals surface area contributed by atoms with Crippen LogP contribution in [0.4, 0.5) is 13.2 Å². The van der Waals surface area contributed by atoms with E-state index in [1.807, 2.05) is 0 Å². The van der Waals surface area contributed by atoms with E-state index in [1.165, 1.54) is 19.2 Å². The zero-order valence-electron chi connectivity index (χ0n) is 12.9. The monoisotopic (exact) mass is 370 g/mol. The number of hydrogen-bond donors (Lipinski definition) is 1. The third-order valence-electron chi connectivity index (χ3n) is 3.52. The van der Waals surface area contributed by atoms with E-state index < -0.39 is 34.2 Å². The molecule has 130 valence electrons. The van der Waals surface area contributed by atoms with Gasteiger partial charge in [-0.2, -0.15) is 13.8 Å². The van der Waals surface area contributed by atoms with E-state index in [0.717, 1.165) is 10.6 Å². The first-order valence-electron chi connectivity index (χ1n) is 6.93. The summed E-state index contributed by atoms with van der Waals surface area (Å²) >= 11 is 5.65. The highest BCUT2D eigenvalue weighted by Crippen LogP contribution is 2.33. The Labute approximate surface area is 143 Å². The summed E-state index contributed by atoms with van der Waals surface area (Å²) in [7, 11) is 0. The lowest BCUT2D eigenvalue weighted by Gasteiger charge is -2.19. The van der Waals surface area contributed by atoms with Gasteiger partial charge in [0.25, 0.3) is 5.92 Å². The quantitative estimate of drug-likeness (QED) is 0.701. The third kappa shape index (κ3) is 2.80. The molecule has 3 aromatic rings. The van der Waals surface area contributed by atoms with Gasteiger partial charge in [-0.1, -0.05) is 11.6 Å². The molecule has 0 amide bonds. The Morgan fingerprint density at radius 1 is 1.32 bits per heavy atom. The van der Waals surface area contributed by atoms with Gasteiger partial charge in [-0.15, -0.1) is 0 Å². The Kier molecular flexibility index (Phi) is 3.91. The van der Waals surface area contributed by atoms with Crippen LogP contribution in [0.15, 0.2) is 23.1 Å². The number of fused-ring (bicyclic) bond motifs is 1. The van der Waals surface area contributed by atoms with Crippen LogP contribution in [0.5, 0.6) is 5.88 Å². The number of aryl methyl sites for hydroxylation is 1. The highest BCUT2D eigenvalue weighted by atomic mass is 35.5. The zero-order valence-corrected chi connectivity index (χ0v) is 13.6. The molecule has 0 saturated heterocycles. The van der Waals surface area contributed by atoms with E-state index in [2.05, 4.69) is 15.0 Å². The Bertz CT molecular complexity index is 1060. The molecule has 0 aromatic carbocycles. The summed E-state index contributed by atoms with van der Waals surface area (Å²) in [6, 6.07) is 2.24. The Morgan fingerprint density at radius 3 is 2.64 bits per heavy atom. The lowest BCUT2D eigenvalue weighted by molar-refractivity contribution is 0.0127. The molecule has 25 heavy (non-hydrogen) atoms. The lowest BCUT2D eigenvalue weighted by Crippen LogP contribution is -2.27. The normalized spacial score (nSPS) is 11.9. The minimum Gasteiger partial charge on any atom is -0.493 e. The molecular weight excluding hydrogens is 361 g/mol. The van der Waals surface area contributed by atoms with E-state index >= 15 is 0 Å². The summed E-state index contributed by atoms with van der Waals surface area (Å²) in [6.45, 7) is 2.11. The van der Waals surface area contributed by atoms with Gasteiger partial charge in [0.15, 0.2) is 16.6 Å². The van der Waals surface area contributed by atoms with E-state index in [-0.39, 0.29) is 22.3 Å². The average Bonchev–Trinajstić information content (AvgIpc) is 2.50. The summed E-state index contributed by atoms with van der Waals surface area (Å²) in [5.41, 5.74) is -2.06. The minimum atomic E-state index is -3.38. The molecule has 10 heteroatoms. The van der Waals surface area contributed by atoms with Gasteiger partial charge in [0, 0.05) is 13.1 Å². The largest absolute Gasteiger partial charge is 0.493 e. The van der Waals surface area contributed by atoms with Gasteiger partial charge in [0.05, 0.1) is 11.1 Å². The van der Waals surface area contributed by atoms with Gasteiger partial charge in [-0.05, 0) is 24.6 Å². The van der Waals surface area contributed by atoms with Gasteiger partial charge >= 0.3 is 5.69 Å². The van der Waals surface area contributed by atoms with Gasteiger partial charge < -0.3 is 5.11 Å². The summed E-state index contributed by atoms with van der Waals surface area (Å²) in [5.74, 6) is -5.12. The number of alkyl halides is 2. The van der Waals surface area contributed by atoms with Crippen LogP contribution in [0, 0.1) is 12.7 Å². The van der Waals surface area contributed by atoms with Crippen molar-refractivity contribution >= 4 is 22.6 Å². The molecule has 0 bridgehead atoms. The van der Waals surface area contributed by atoms with E-state index in [1.54, 1.807) is 0 Å². The Balaban J connectivity index is 2.55. The van der Waals surface area contributed by atoms with Crippen molar-refractivity contribution < 1.29 is 18.3 Å². The lowest BCUT2D eigenvalue weighted by atomic mass is 10.1.